The van der Waals surface area contributed by atoms with E-state index in [4.69, 9.17) is 9.56 Å². The van der Waals surface area contributed by atoms with E-state index in [1.54, 1.807) is 0 Å². The third-order valence-electron chi connectivity index (χ3n) is 5.40. The van der Waals surface area contributed by atoms with Gasteiger partial charge in [0.05, 0.1) is 15.7 Å². The first-order chi connectivity index (χ1) is 11.8. The van der Waals surface area contributed by atoms with Gasteiger partial charge in [-0.2, -0.15) is 0 Å². The van der Waals surface area contributed by atoms with Gasteiger partial charge >= 0.3 is 0 Å². The molecule has 2 N–H and O–H groups in total. The van der Waals surface area contributed by atoms with Gasteiger partial charge in [0.1, 0.15) is 0 Å². The van der Waals surface area contributed by atoms with Gasteiger partial charge in [0.2, 0.25) is 0 Å². The molecule has 0 aliphatic heterocycles. The lowest BCUT2D eigenvalue weighted by molar-refractivity contribution is 0.250. The van der Waals surface area contributed by atoms with Crippen molar-refractivity contribution >= 4 is 31.1 Å². The van der Waals surface area contributed by atoms with Gasteiger partial charge in [-0.05, 0) is 61.8 Å². The van der Waals surface area contributed by atoms with Crippen molar-refractivity contribution < 1.29 is 8.63 Å². The van der Waals surface area contributed by atoms with Gasteiger partial charge in [0.15, 0.2) is 8.32 Å². The monoisotopic (exact) mass is 415 g/mol. The Morgan fingerprint density at radius 3 is 2.12 bits per heavy atom. The van der Waals surface area contributed by atoms with E-state index < -0.39 is 24.1 Å². The fraction of sp³-hybridized carbons (Fsp3) is 0.700. The molecule has 1 rings (SSSR count). The summed E-state index contributed by atoms with van der Waals surface area (Å²) in [7, 11) is -3.21. The Kier molecular flexibility index (Phi) is 8.61. The Morgan fingerprint density at radius 1 is 1.15 bits per heavy atom. The van der Waals surface area contributed by atoms with Gasteiger partial charge < -0.3 is 4.43 Å². The maximum atomic E-state index is 12.0. The van der Waals surface area contributed by atoms with Crippen LogP contribution in [0.4, 0.5) is 0 Å². The maximum Gasteiger partial charge on any atom is 0.192 e. The molecule has 0 spiro atoms. The highest BCUT2D eigenvalue weighted by Gasteiger charge is 2.38. The standard InChI is InChI=1S/C20H37NO2S2Si/c1-9-24-18-12-10-16(11-13-18)17(14-20(5,6)25(21)22)15-23-26(7,8)19(2,3)4/h10-13,17H,9,14-15,21H2,1-8H3/t17-,25?/m0/s1. The second-order valence-electron chi connectivity index (χ2n) is 9.03. The van der Waals surface area contributed by atoms with E-state index in [0.717, 1.165) is 12.2 Å². The van der Waals surface area contributed by atoms with Gasteiger partial charge in [0.25, 0.3) is 0 Å². The van der Waals surface area contributed by atoms with Crippen LogP contribution in [0.3, 0.4) is 0 Å². The maximum absolute atomic E-state index is 12.0. The summed E-state index contributed by atoms with van der Waals surface area (Å²) in [6.07, 6.45) is 0.741. The summed E-state index contributed by atoms with van der Waals surface area (Å²) in [5.41, 5.74) is 1.24. The van der Waals surface area contributed by atoms with E-state index in [1.807, 2.05) is 25.6 Å². The molecule has 0 amide bonds. The molecule has 0 saturated heterocycles. The van der Waals surface area contributed by atoms with Crippen LogP contribution < -0.4 is 5.14 Å². The van der Waals surface area contributed by atoms with Crippen LogP contribution in [0.1, 0.15) is 59.4 Å². The zero-order valence-electron chi connectivity index (χ0n) is 17.7. The molecule has 0 heterocycles. The molecular weight excluding hydrogens is 378 g/mol. The lowest BCUT2D eigenvalue weighted by Crippen LogP contribution is -2.42. The molecule has 150 valence electrons. The first-order valence-corrected chi connectivity index (χ1v) is 14.4. The van der Waals surface area contributed by atoms with Crippen molar-refractivity contribution in [1.29, 1.82) is 0 Å². The van der Waals surface area contributed by atoms with Crippen molar-refractivity contribution in [1.82, 2.24) is 0 Å². The van der Waals surface area contributed by atoms with Crippen LogP contribution in [-0.2, 0) is 15.4 Å². The first kappa shape index (κ1) is 23.9. The van der Waals surface area contributed by atoms with Crippen molar-refractivity contribution in [2.75, 3.05) is 12.4 Å². The van der Waals surface area contributed by atoms with E-state index >= 15 is 0 Å². The summed E-state index contributed by atoms with van der Waals surface area (Å²) in [4.78, 5) is 1.28. The SMILES string of the molecule is CCSc1ccc([C@H](CO[Si](C)(C)C(C)(C)C)CC(C)(C)S(N)=O)cc1. The summed E-state index contributed by atoms with van der Waals surface area (Å²) in [6, 6.07) is 8.73. The zero-order chi connectivity index (χ0) is 20.2. The molecule has 1 unspecified atom stereocenters. The molecule has 0 fully saturated rings. The average Bonchev–Trinajstić information content (AvgIpc) is 2.51. The lowest BCUT2D eigenvalue weighted by atomic mass is 9.90. The van der Waals surface area contributed by atoms with Crippen molar-refractivity contribution in [3.8, 4) is 0 Å². The van der Waals surface area contributed by atoms with Crippen molar-refractivity contribution in [3.63, 3.8) is 0 Å². The highest BCUT2D eigenvalue weighted by molar-refractivity contribution is 7.99. The summed E-state index contributed by atoms with van der Waals surface area (Å²) in [5, 5.41) is 5.92. The molecule has 1 aromatic carbocycles. The van der Waals surface area contributed by atoms with E-state index in [0.29, 0.717) is 6.61 Å². The number of nitrogens with two attached hydrogens (primary N) is 1. The first-order valence-electron chi connectivity index (χ1n) is 9.33. The molecular formula is C20H37NO2S2Si. The predicted molar refractivity (Wildman–Crippen MR) is 120 cm³/mol. The van der Waals surface area contributed by atoms with Crippen LogP contribution in [-0.4, -0.2) is 29.6 Å². The van der Waals surface area contributed by atoms with Crippen LogP contribution in [0.2, 0.25) is 18.1 Å². The van der Waals surface area contributed by atoms with Gasteiger partial charge in [0, 0.05) is 17.4 Å². The van der Waals surface area contributed by atoms with Crippen LogP contribution in [0.15, 0.2) is 29.2 Å². The molecule has 2 atom stereocenters. The van der Waals surface area contributed by atoms with E-state index in [-0.39, 0.29) is 11.0 Å². The van der Waals surface area contributed by atoms with Crippen LogP contribution >= 0.6 is 11.8 Å². The van der Waals surface area contributed by atoms with E-state index in [1.165, 1.54) is 10.5 Å². The fourth-order valence-electron chi connectivity index (χ4n) is 2.48. The Morgan fingerprint density at radius 2 is 1.69 bits per heavy atom. The lowest BCUT2D eigenvalue weighted by Gasteiger charge is -2.38. The summed E-state index contributed by atoms with van der Waals surface area (Å²) in [5.74, 6) is 1.25. The normalized spacial score (nSPS) is 15.7. The number of benzene rings is 1. The highest BCUT2D eigenvalue weighted by atomic mass is 32.2. The zero-order valence-corrected chi connectivity index (χ0v) is 20.4. The average molecular weight is 416 g/mol. The fourth-order valence-corrected chi connectivity index (χ4v) is 4.56. The molecule has 0 radical (unpaired) electrons. The summed E-state index contributed by atoms with van der Waals surface area (Å²) >= 11 is 1.84. The number of hydrogen-bond donors (Lipinski definition) is 1. The summed E-state index contributed by atoms with van der Waals surface area (Å²) in [6.45, 7) is 18.1. The molecule has 0 aliphatic carbocycles. The largest absolute Gasteiger partial charge is 0.416 e. The predicted octanol–water partition coefficient (Wildman–Crippen LogP) is 5.70. The Labute approximate surface area is 168 Å². The summed E-state index contributed by atoms with van der Waals surface area (Å²) < 4.78 is 18.0. The Balaban J connectivity index is 3.04. The third-order valence-corrected chi connectivity index (χ3v) is 12.0. The molecule has 26 heavy (non-hydrogen) atoms. The second-order valence-corrected chi connectivity index (χ2v) is 16.9. The van der Waals surface area contributed by atoms with Crippen LogP contribution in [0.5, 0.6) is 0 Å². The molecule has 0 aliphatic rings. The number of rotatable bonds is 9. The van der Waals surface area contributed by atoms with Crippen molar-refractivity contribution in [2.45, 2.75) is 81.7 Å². The minimum absolute atomic E-state index is 0.172. The number of thioether (sulfide) groups is 1. The van der Waals surface area contributed by atoms with Crippen molar-refractivity contribution in [2.24, 2.45) is 5.14 Å². The van der Waals surface area contributed by atoms with Crippen LogP contribution in [0.25, 0.3) is 0 Å². The Bertz CT molecular complexity index is 595. The highest BCUT2D eigenvalue weighted by Crippen LogP contribution is 2.38. The second kappa shape index (κ2) is 9.37. The third kappa shape index (κ3) is 6.79. The molecule has 6 heteroatoms. The van der Waals surface area contributed by atoms with Gasteiger partial charge in [-0.1, -0.05) is 39.8 Å². The van der Waals surface area contributed by atoms with Crippen molar-refractivity contribution in [3.05, 3.63) is 29.8 Å². The topological polar surface area (TPSA) is 52.3 Å². The van der Waals surface area contributed by atoms with E-state index in [2.05, 4.69) is 65.1 Å². The Hall–Kier alpha value is -0.143. The minimum Gasteiger partial charge on any atom is -0.416 e. The molecule has 0 bridgehead atoms. The van der Waals surface area contributed by atoms with Gasteiger partial charge in [-0.3, -0.25) is 5.14 Å². The van der Waals surface area contributed by atoms with E-state index in [9.17, 15) is 4.21 Å². The molecule has 0 saturated carbocycles. The minimum atomic E-state index is -1.84. The quantitative estimate of drug-likeness (QED) is 0.416. The smallest absolute Gasteiger partial charge is 0.192 e. The molecule has 1 aromatic rings. The van der Waals surface area contributed by atoms with Crippen LogP contribution in [0, 0.1) is 0 Å². The van der Waals surface area contributed by atoms with Gasteiger partial charge in [-0.15, -0.1) is 11.8 Å². The number of hydrogen-bond acceptors (Lipinski definition) is 3. The molecule has 0 aromatic heterocycles. The van der Waals surface area contributed by atoms with Gasteiger partial charge in [-0.25, -0.2) is 4.21 Å². The molecule has 3 nitrogen and oxygen atoms in total.